The maximum atomic E-state index is 9.59. The maximum Gasteiger partial charge on any atom is 0.173 e. The van der Waals surface area contributed by atoms with Crippen LogP contribution in [0.1, 0.15) is 16.7 Å². The topological polar surface area (TPSA) is 38.7 Å². The van der Waals surface area contributed by atoms with Crippen LogP contribution in [0.2, 0.25) is 0 Å². The van der Waals surface area contributed by atoms with E-state index in [1.54, 1.807) is 6.07 Å². The summed E-state index contributed by atoms with van der Waals surface area (Å²) in [5.74, 6) is 0.329. The minimum atomic E-state index is 0.329. The van der Waals surface area contributed by atoms with Gasteiger partial charge in [-0.2, -0.15) is 0 Å². The molecule has 0 unspecified atom stereocenters. The molecule has 0 radical (unpaired) electrons. The van der Waals surface area contributed by atoms with Crippen LogP contribution in [-0.4, -0.2) is 46.2 Å². The van der Waals surface area contributed by atoms with Crippen molar-refractivity contribution in [3.8, 4) is 5.75 Å². The summed E-state index contributed by atoms with van der Waals surface area (Å²) in [4.78, 5) is 4.63. The largest absolute Gasteiger partial charge is 0.508 e. The Morgan fingerprint density at radius 3 is 2.56 bits per heavy atom. The third-order valence-corrected chi connectivity index (χ3v) is 4.97. The second-order valence-corrected chi connectivity index (χ2v) is 7.07. The Balaban J connectivity index is 1.53. The molecule has 2 N–H and O–H groups in total. The summed E-state index contributed by atoms with van der Waals surface area (Å²) in [5.41, 5.74) is 4.67. The van der Waals surface area contributed by atoms with Gasteiger partial charge in [-0.05, 0) is 61.0 Å². The number of hydrogen-bond donors (Lipinski definition) is 2. The summed E-state index contributed by atoms with van der Waals surface area (Å²) in [7, 11) is 0. The van der Waals surface area contributed by atoms with Gasteiger partial charge in [-0.25, -0.2) is 0 Å². The Bertz CT molecular complexity index is 754. The zero-order valence-corrected chi connectivity index (χ0v) is 15.6. The van der Waals surface area contributed by atoms with Crippen LogP contribution >= 0.6 is 12.2 Å². The Labute approximate surface area is 155 Å². The molecule has 0 amide bonds. The fourth-order valence-corrected chi connectivity index (χ4v) is 3.38. The Hall–Kier alpha value is -2.11. The van der Waals surface area contributed by atoms with Crippen molar-refractivity contribution >= 4 is 23.0 Å². The molecule has 2 aromatic carbocycles. The van der Waals surface area contributed by atoms with E-state index < -0.39 is 0 Å². The summed E-state index contributed by atoms with van der Waals surface area (Å²) in [5, 5.41) is 13.8. The van der Waals surface area contributed by atoms with Gasteiger partial charge in [-0.3, -0.25) is 4.90 Å². The smallest absolute Gasteiger partial charge is 0.173 e. The highest BCUT2D eigenvalue weighted by Gasteiger charge is 2.19. The molecular weight excluding hydrogens is 330 g/mol. The normalized spacial score (nSPS) is 15.2. The lowest BCUT2D eigenvalue weighted by Crippen LogP contribution is -2.49. The summed E-state index contributed by atoms with van der Waals surface area (Å²) in [6, 6.07) is 13.9. The number of anilines is 1. The van der Waals surface area contributed by atoms with Crippen molar-refractivity contribution in [1.82, 2.24) is 9.80 Å². The van der Waals surface area contributed by atoms with E-state index in [0.29, 0.717) is 5.75 Å². The zero-order valence-electron chi connectivity index (χ0n) is 14.8. The van der Waals surface area contributed by atoms with Crippen molar-refractivity contribution < 1.29 is 5.11 Å². The number of phenols is 1. The first-order chi connectivity index (χ1) is 12.0. The van der Waals surface area contributed by atoms with Crippen LogP contribution in [-0.2, 0) is 6.54 Å². The molecule has 3 rings (SSSR count). The molecule has 25 heavy (non-hydrogen) atoms. The second-order valence-electron chi connectivity index (χ2n) is 6.68. The highest BCUT2D eigenvalue weighted by atomic mass is 32.1. The van der Waals surface area contributed by atoms with Gasteiger partial charge in [0.15, 0.2) is 5.11 Å². The molecule has 1 heterocycles. The van der Waals surface area contributed by atoms with Gasteiger partial charge in [0.2, 0.25) is 0 Å². The fraction of sp³-hybridized carbons (Fsp3) is 0.350. The number of nitrogens with zero attached hydrogens (tertiary/aromatic N) is 2. The Morgan fingerprint density at radius 2 is 1.84 bits per heavy atom. The molecule has 1 aliphatic heterocycles. The van der Waals surface area contributed by atoms with Gasteiger partial charge in [0.25, 0.3) is 0 Å². The lowest BCUT2D eigenvalue weighted by molar-refractivity contribution is 0.177. The number of thiocarbonyl (C=S) groups is 1. The molecule has 1 aliphatic rings. The standard InChI is InChI=1S/C20H25N3OS/c1-15-6-7-16(2)19(12-15)21-20(25)23-10-8-22(9-11-23)14-17-4-3-5-18(24)13-17/h3-7,12-13,24H,8-11,14H2,1-2H3,(H,21,25). The van der Waals surface area contributed by atoms with Crippen LogP contribution in [0.3, 0.4) is 0 Å². The van der Waals surface area contributed by atoms with Gasteiger partial charge >= 0.3 is 0 Å². The third kappa shape index (κ3) is 4.71. The van der Waals surface area contributed by atoms with E-state index in [1.807, 2.05) is 12.1 Å². The van der Waals surface area contributed by atoms with E-state index in [2.05, 4.69) is 53.2 Å². The number of aryl methyl sites for hydroxylation is 2. The molecule has 1 saturated heterocycles. The SMILES string of the molecule is Cc1ccc(C)c(NC(=S)N2CCN(Cc3cccc(O)c3)CC2)c1. The molecule has 0 aliphatic carbocycles. The molecule has 0 bridgehead atoms. The number of aromatic hydroxyl groups is 1. The Kier molecular flexibility index (Phi) is 5.56. The number of phenolic OH excluding ortho intramolecular Hbond substituents is 1. The highest BCUT2D eigenvalue weighted by molar-refractivity contribution is 7.80. The average Bonchev–Trinajstić information content (AvgIpc) is 2.59. The minimum Gasteiger partial charge on any atom is -0.508 e. The van der Waals surface area contributed by atoms with Gasteiger partial charge < -0.3 is 15.3 Å². The number of rotatable bonds is 3. The zero-order chi connectivity index (χ0) is 17.8. The third-order valence-electron chi connectivity index (χ3n) is 4.61. The quantitative estimate of drug-likeness (QED) is 0.824. The van der Waals surface area contributed by atoms with E-state index in [0.717, 1.165) is 49.1 Å². The summed E-state index contributed by atoms with van der Waals surface area (Å²) in [6.45, 7) is 8.80. The molecule has 0 saturated carbocycles. The first-order valence-corrected chi connectivity index (χ1v) is 9.05. The van der Waals surface area contributed by atoms with Gasteiger partial charge in [0.1, 0.15) is 5.75 Å². The van der Waals surface area contributed by atoms with E-state index >= 15 is 0 Å². The average molecular weight is 356 g/mol. The molecule has 2 aromatic rings. The monoisotopic (exact) mass is 355 g/mol. The van der Waals surface area contributed by atoms with Crippen molar-refractivity contribution in [2.75, 3.05) is 31.5 Å². The van der Waals surface area contributed by atoms with E-state index in [-0.39, 0.29) is 0 Å². The summed E-state index contributed by atoms with van der Waals surface area (Å²) in [6.07, 6.45) is 0. The number of piperazine rings is 1. The first-order valence-electron chi connectivity index (χ1n) is 8.65. The van der Waals surface area contributed by atoms with Crippen molar-refractivity contribution in [1.29, 1.82) is 0 Å². The molecule has 0 spiro atoms. The maximum absolute atomic E-state index is 9.59. The van der Waals surface area contributed by atoms with E-state index in [4.69, 9.17) is 12.2 Å². The van der Waals surface area contributed by atoms with Crippen molar-refractivity contribution in [2.45, 2.75) is 20.4 Å². The van der Waals surface area contributed by atoms with Gasteiger partial charge in [0, 0.05) is 38.4 Å². The Morgan fingerprint density at radius 1 is 1.08 bits per heavy atom. The fourth-order valence-electron chi connectivity index (χ4n) is 3.09. The molecule has 0 aromatic heterocycles. The van der Waals surface area contributed by atoms with Crippen LogP contribution in [0, 0.1) is 13.8 Å². The molecule has 4 nitrogen and oxygen atoms in total. The summed E-state index contributed by atoms with van der Waals surface area (Å²) < 4.78 is 0. The lowest BCUT2D eigenvalue weighted by atomic mass is 10.1. The van der Waals surface area contributed by atoms with Crippen LogP contribution in [0.5, 0.6) is 5.75 Å². The highest BCUT2D eigenvalue weighted by Crippen LogP contribution is 2.18. The van der Waals surface area contributed by atoms with E-state index in [1.165, 1.54) is 11.1 Å². The molecule has 0 atom stereocenters. The second kappa shape index (κ2) is 7.85. The molecule has 132 valence electrons. The number of hydrogen-bond acceptors (Lipinski definition) is 3. The predicted octanol–water partition coefficient (Wildman–Crippen LogP) is 3.52. The minimum absolute atomic E-state index is 0.329. The predicted molar refractivity (Wildman–Crippen MR) is 107 cm³/mol. The van der Waals surface area contributed by atoms with Gasteiger partial charge in [-0.15, -0.1) is 0 Å². The number of nitrogens with one attached hydrogen (secondary N) is 1. The molecular formula is C20H25N3OS. The molecule has 5 heteroatoms. The molecule has 1 fully saturated rings. The van der Waals surface area contributed by atoms with Gasteiger partial charge in [0.05, 0.1) is 0 Å². The van der Waals surface area contributed by atoms with Gasteiger partial charge in [-0.1, -0.05) is 24.3 Å². The summed E-state index contributed by atoms with van der Waals surface area (Å²) >= 11 is 5.61. The number of benzene rings is 2. The van der Waals surface area contributed by atoms with Crippen molar-refractivity contribution in [3.05, 3.63) is 59.2 Å². The van der Waals surface area contributed by atoms with Crippen LogP contribution in [0.25, 0.3) is 0 Å². The van der Waals surface area contributed by atoms with Crippen molar-refractivity contribution in [3.63, 3.8) is 0 Å². The van der Waals surface area contributed by atoms with Crippen LogP contribution in [0.15, 0.2) is 42.5 Å². The van der Waals surface area contributed by atoms with Crippen LogP contribution < -0.4 is 5.32 Å². The van der Waals surface area contributed by atoms with Crippen molar-refractivity contribution in [2.24, 2.45) is 0 Å². The lowest BCUT2D eigenvalue weighted by Gasteiger charge is -2.36. The van der Waals surface area contributed by atoms with Crippen LogP contribution in [0.4, 0.5) is 5.69 Å². The first kappa shape index (κ1) is 17.7. The van der Waals surface area contributed by atoms with E-state index in [9.17, 15) is 5.11 Å².